The van der Waals surface area contributed by atoms with E-state index in [9.17, 15) is 23.1 Å². The molecule has 1 aliphatic heterocycles. The van der Waals surface area contributed by atoms with E-state index in [0.29, 0.717) is 40.3 Å². The SMILES string of the molecule is C=C(C)c1ccc(-c2c(F)cc(O)c3c2C(C)(C)CN3c2ccccc2NC(=O)Nc2ccc(OC(F)(F)F)cc2)cc1. The third-order valence-corrected chi connectivity index (χ3v) is 7.19. The molecule has 10 heteroatoms. The van der Waals surface area contributed by atoms with E-state index in [2.05, 4.69) is 21.9 Å². The van der Waals surface area contributed by atoms with Gasteiger partial charge in [0.1, 0.15) is 17.3 Å². The Morgan fingerprint density at radius 2 is 1.65 bits per heavy atom. The number of hydrogen-bond donors (Lipinski definition) is 3. The molecule has 1 heterocycles. The first-order valence-electron chi connectivity index (χ1n) is 13.4. The van der Waals surface area contributed by atoms with Gasteiger partial charge in [-0.05, 0) is 60.0 Å². The van der Waals surface area contributed by atoms with Crippen LogP contribution < -0.4 is 20.3 Å². The summed E-state index contributed by atoms with van der Waals surface area (Å²) in [6, 6.07) is 19.6. The molecular weight excluding hydrogens is 562 g/mol. The van der Waals surface area contributed by atoms with Crippen molar-refractivity contribution in [2.45, 2.75) is 32.5 Å². The van der Waals surface area contributed by atoms with Crippen LogP contribution in [0.4, 0.5) is 45.1 Å². The molecule has 0 atom stereocenters. The van der Waals surface area contributed by atoms with Crippen LogP contribution >= 0.6 is 0 Å². The molecule has 0 bridgehead atoms. The molecule has 1 aliphatic rings. The first kappa shape index (κ1) is 29.5. The van der Waals surface area contributed by atoms with Crippen molar-refractivity contribution in [1.82, 2.24) is 0 Å². The van der Waals surface area contributed by atoms with Gasteiger partial charge in [-0.3, -0.25) is 0 Å². The third-order valence-electron chi connectivity index (χ3n) is 7.19. The summed E-state index contributed by atoms with van der Waals surface area (Å²) in [5.41, 5.74) is 4.52. The van der Waals surface area contributed by atoms with Gasteiger partial charge in [0.15, 0.2) is 0 Å². The monoisotopic (exact) mass is 591 g/mol. The average molecular weight is 592 g/mol. The molecule has 0 spiro atoms. The molecule has 0 saturated heterocycles. The van der Waals surface area contributed by atoms with Crippen LogP contribution in [0.15, 0.2) is 85.4 Å². The number of para-hydroxylation sites is 2. The van der Waals surface area contributed by atoms with Gasteiger partial charge >= 0.3 is 12.4 Å². The predicted octanol–water partition coefficient (Wildman–Crippen LogP) is 9.20. The Bertz CT molecular complexity index is 1700. The van der Waals surface area contributed by atoms with Gasteiger partial charge in [0.05, 0.1) is 17.1 Å². The lowest BCUT2D eigenvalue weighted by Gasteiger charge is -2.25. The number of urea groups is 1. The number of nitrogens with zero attached hydrogens (tertiary/aromatic N) is 1. The Morgan fingerprint density at radius 3 is 2.28 bits per heavy atom. The van der Waals surface area contributed by atoms with Crippen molar-refractivity contribution in [2.75, 3.05) is 22.1 Å². The number of rotatable bonds is 6. The van der Waals surface area contributed by atoms with E-state index in [4.69, 9.17) is 0 Å². The number of amides is 2. The normalized spacial score (nSPS) is 13.8. The first-order valence-corrected chi connectivity index (χ1v) is 13.4. The summed E-state index contributed by atoms with van der Waals surface area (Å²) in [4.78, 5) is 14.7. The summed E-state index contributed by atoms with van der Waals surface area (Å²) in [6.07, 6.45) is -4.82. The third kappa shape index (κ3) is 6.13. The van der Waals surface area contributed by atoms with Crippen molar-refractivity contribution in [3.05, 3.63) is 102 Å². The summed E-state index contributed by atoms with van der Waals surface area (Å²) >= 11 is 0. The Morgan fingerprint density at radius 1 is 1.00 bits per heavy atom. The molecule has 4 aromatic rings. The standard InChI is InChI=1S/C33H29F4N3O3/c1-19(2)20-9-11-21(12-10-20)28-24(34)17-27(41)30-29(28)32(3,4)18-40(30)26-8-6-5-7-25(26)39-31(42)38-22-13-15-23(16-14-22)43-33(35,36)37/h5-17,41H,1,18H2,2-4H3,(H2,38,39,42). The predicted molar refractivity (Wildman–Crippen MR) is 160 cm³/mol. The zero-order chi connectivity index (χ0) is 31.1. The number of benzene rings is 4. The summed E-state index contributed by atoms with van der Waals surface area (Å²) in [5.74, 6) is -1.20. The molecule has 0 saturated carbocycles. The van der Waals surface area contributed by atoms with Crippen molar-refractivity contribution in [2.24, 2.45) is 0 Å². The molecule has 6 nitrogen and oxygen atoms in total. The number of fused-ring (bicyclic) bond motifs is 1. The van der Waals surface area contributed by atoms with Crippen molar-refractivity contribution < 1.29 is 32.2 Å². The Balaban J connectivity index is 1.47. The summed E-state index contributed by atoms with van der Waals surface area (Å²) in [6.45, 7) is 10.2. The van der Waals surface area contributed by atoms with Gasteiger partial charge < -0.3 is 25.4 Å². The maximum atomic E-state index is 15.6. The first-order chi connectivity index (χ1) is 20.2. The van der Waals surface area contributed by atoms with Crippen LogP contribution in [-0.2, 0) is 5.41 Å². The van der Waals surface area contributed by atoms with E-state index >= 15 is 4.39 Å². The molecule has 4 aromatic carbocycles. The van der Waals surface area contributed by atoms with Crippen LogP contribution in [0.2, 0.25) is 0 Å². The van der Waals surface area contributed by atoms with E-state index in [1.807, 2.05) is 49.9 Å². The lowest BCUT2D eigenvalue weighted by molar-refractivity contribution is -0.274. The van der Waals surface area contributed by atoms with Crippen LogP contribution in [0.3, 0.4) is 0 Å². The highest BCUT2D eigenvalue weighted by Gasteiger charge is 2.42. The molecule has 0 unspecified atom stereocenters. The van der Waals surface area contributed by atoms with Crippen LogP contribution in [-0.4, -0.2) is 24.0 Å². The highest BCUT2D eigenvalue weighted by atomic mass is 19.4. The Hall–Kier alpha value is -4.99. The van der Waals surface area contributed by atoms with Crippen LogP contribution in [0.25, 0.3) is 16.7 Å². The topological polar surface area (TPSA) is 73.8 Å². The number of carbonyl (C=O) groups is 1. The van der Waals surface area contributed by atoms with E-state index in [0.717, 1.165) is 29.3 Å². The van der Waals surface area contributed by atoms with Gasteiger partial charge in [0.2, 0.25) is 0 Å². The summed E-state index contributed by atoms with van der Waals surface area (Å²) < 4.78 is 56.8. The van der Waals surface area contributed by atoms with Crippen molar-refractivity contribution in [3.63, 3.8) is 0 Å². The number of carbonyl (C=O) groups excluding carboxylic acids is 1. The van der Waals surface area contributed by atoms with Gasteiger partial charge in [0.25, 0.3) is 0 Å². The number of halogens is 4. The highest BCUT2D eigenvalue weighted by molar-refractivity contribution is 6.03. The van der Waals surface area contributed by atoms with Gasteiger partial charge in [-0.15, -0.1) is 13.2 Å². The zero-order valence-electron chi connectivity index (χ0n) is 23.6. The quantitative estimate of drug-likeness (QED) is 0.196. The second-order valence-electron chi connectivity index (χ2n) is 11.0. The molecule has 43 heavy (non-hydrogen) atoms. The Labute approximate surface area is 246 Å². The van der Waals surface area contributed by atoms with Gasteiger partial charge in [0, 0.05) is 29.3 Å². The number of aromatic hydroxyl groups is 1. The maximum absolute atomic E-state index is 15.6. The fraction of sp³-hybridized carbons (Fsp3) is 0.182. The molecule has 0 fully saturated rings. The zero-order valence-corrected chi connectivity index (χ0v) is 23.6. The second-order valence-corrected chi connectivity index (χ2v) is 11.0. The summed E-state index contributed by atoms with van der Waals surface area (Å²) in [5, 5.41) is 16.4. The molecule has 5 rings (SSSR count). The van der Waals surface area contributed by atoms with Crippen molar-refractivity contribution >= 4 is 34.4 Å². The van der Waals surface area contributed by atoms with E-state index in [1.165, 1.54) is 12.1 Å². The number of anilines is 4. The fourth-order valence-electron chi connectivity index (χ4n) is 5.36. The minimum atomic E-state index is -4.82. The smallest absolute Gasteiger partial charge is 0.506 e. The van der Waals surface area contributed by atoms with Crippen LogP contribution in [0.1, 0.15) is 31.9 Å². The number of ether oxygens (including phenoxy) is 1. The Kier molecular flexibility index (Phi) is 7.56. The van der Waals surface area contributed by atoms with Gasteiger partial charge in [-0.25, -0.2) is 9.18 Å². The molecule has 3 N–H and O–H groups in total. The highest BCUT2D eigenvalue weighted by Crippen LogP contribution is 2.54. The lowest BCUT2D eigenvalue weighted by atomic mass is 9.81. The minimum Gasteiger partial charge on any atom is -0.506 e. The minimum absolute atomic E-state index is 0.235. The average Bonchev–Trinajstić information content (AvgIpc) is 3.20. The van der Waals surface area contributed by atoms with Crippen molar-refractivity contribution in [1.29, 1.82) is 0 Å². The molecule has 2 amide bonds. The fourth-order valence-corrected chi connectivity index (χ4v) is 5.36. The van der Waals surface area contributed by atoms with Gasteiger partial charge in [-0.1, -0.05) is 62.4 Å². The number of hydrogen-bond acceptors (Lipinski definition) is 4. The molecular formula is C33H29F4N3O3. The number of phenolic OH excluding ortho intramolecular Hbond substituents is 1. The molecule has 0 aromatic heterocycles. The molecule has 0 aliphatic carbocycles. The van der Waals surface area contributed by atoms with Crippen LogP contribution in [0.5, 0.6) is 11.5 Å². The summed E-state index contributed by atoms with van der Waals surface area (Å²) in [7, 11) is 0. The lowest BCUT2D eigenvalue weighted by Crippen LogP contribution is -2.27. The molecule has 0 radical (unpaired) electrons. The molecule has 222 valence electrons. The number of allylic oxidation sites excluding steroid dienone is 1. The van der Waals surface area contributed by atoms with E-state index in [-0.39, 0.29) is 11.4 Å². The van der Waals surface area contributed by atoms with Crippen molar-refractivity contribution in [3.8, 4) is 22.6 Å². The number of nitrogens with one attached hydrogen (secondary N) is 2. The largest absolute Gasteiger partial charge is 0.573 e. The van der Waals surface area contributed by atoms with Gasteiger partial charge in [-0.2, -0.15) is 0 Å². The number of phenols is 1. The van der Waals surface area contributed by atoms with E-state index < -0.39 is 29.4 Å². The number of alkyl halides is 3. The van der Waals surface area contributed by atoms with E-state index in [1.54, 1.807) is 24.3 Å². The maximum Gasteiger partial charge on any atom is 0.573 e. The van der Waals surface area contributed by atoms with Crippen LogP contribution in [0, 0.1) is 5.82 Å². The second kappa shape index (κ2) is 11.0.